The summed E-state index contributed by atoms with van der Waals surface area (Å²) in [5, 5.41) is 13.7. The summed E-state index contributed by atoms with van der Waals surface area (Å²) in [5.41, 5.74) is 0.975. The Balaban J connectivity index is 1.50. The summed E-state index contributed by atoms with van der Waals surface area (Å²) in [4.78, 5) is 22.6. The van der Waals surface area contributed by atoms with Crippen molar-refractivity contribution in [2.24, 2.45) is 11.8 Å². The van der Waals surface area contributed by atoms with Crippen molar-refractivity contribution in [1.29, 1.82) is 0 Å². The molecule has 1 aromatic carbocycles. The van der Waals surface area contributed by atoms with Crippen molar-refractivity contribution in [3.05, 3.63) is 33.9 Å². The summed E-state index contributed by atoms with van der Waals surface area (Å²) in [7, 11) is 0. The largest absolute Gasteiger partial charge is 0.486 e. The predicted octanol–water partition coefficient (Wildman–Crippen LogP) is 1.69. The first-order chi connectivity index (χ1) is 11.1. The highest BCUT2D eigenvalue weighted by molar-refractivity contribution is 5.82. The summed E-state index contributed by atoms with van der Waals surface area (Å²) in [5.74, 6) is 1.12. The molecule has 3 aliphatic rings. The van der Waals surface area contributed by atoms with E-state index in [1.165, 1.54) is 0 Å². The number of benzene rings is 1. The second-order valence-electron chi connectivity index (χ2n) is 6.42. The Morgan fingerprint density at radius 2 is 2.00 bits per heavy atom. The molecule has 7 heteroatoms. The molecule has 2 saturated carbocycles. The first-order valence-corrected chi connectivity index (χ1v) is 7.97. The van der Waals surface area contributed by atoms with Crippen LogP contribution in [-0.4, -0.2) is 30.1 Å². The van der Waals surface area contributed by atoms with Gasteiger partial charge in [0, 0.05) is 11.3 Å². The Kier molecular flexibility index (Phi) is 3.36. The molecule has 1 aliphatic heterocycles. The number of rotatable bonds is 5. The molecule has 2 aliphatic carbocycles. The van der Waals surface area contributed by atoms with Crippen molar-refractivity contribution < 1.29 is 19.2 Å². The van der Waals surface area contributed by atoms with E-state index in [1.807, 2.05) is 18.2 Å². The number of nitrogens with one attached hydrogen (secondary N) is 1. The second kappa shape index (κ2) is 5.40. The lowest BCUT2D eigenvalue weighted by atomic mass is 10.0. The molecule has 122 valence electrons. The Hall–Kier alpha value is -2.31. The van der Waals surface area contributed by atoms with E-state index in [-0.39, 0.29) is 16.9 Å². The lowest BCUT2D eigenvalue weighted by molar-refractivity contribution is -0.497. The van der Waals surface area contributed by atoms with Crippen LogP contribution in [0.4, 0.5) is 0 Å². The minimum Gasteiger partial charge on any atom is -0.486 e. The molecule has 0 spiro atoms. The van der Waals surface area contributed by atoms with Gasteiger partial charge in [-0.2, -0.15) is 0 Å². The number of carbonyl (C=O) groups is 1. The third-order valence-electron chi connectivity index (χ3n) is 4.68. The zero-order valence-corrected chi connectivity index (χ0v) is 12.6. The SMILES string of the molecule is O=C(N[C@H](c1ccc2c(c1)OCCO2)C1CC1)[C@@H]1C[C@@H]1[N+](=O)[O-]. The minimum absolute atomic E-state index is 0.105. The van der Waals surface area contributed by atoms with Gasteiger partial charge in [0.15, 0.2) is 11.5 Å². The zero-order valence-electron chi connectivity index (χ0n) is 12.6. The molecule has 0 aromatic heterocycles. The lowest BCUT2D eigenvalue weighted by Crippen LogP contribution is -2.32. The predicted molar refractivity (Wildman–Crippen MR) is 79.9 cm³/mol. The molecule has 7 nitrogen and oxygen atoms in total. The molecule has 2 fully saturated rings. The molecule has 23 heavy (non-hydrogen) atoms. The first-order valence-electron chi connectivity index (χ1n) is 7.97. The van der Waals surface area contributed by atoms with E-state index in [0.29, 0.717) is 31.3 Å². The maximum Gasteiger partial charge on any atom is 0.230 e. The molecular weight excluding hydrogens is 300 g/mol. The van der Waals surface area contributed by atoms with E-state index in [4.69, 9.17) is 9.47 Å². The van der Waals surface area contributed by atoms with E-state index >= 15 is 0 Å². The van der Waals surface area contributed by atoms with Gasteiger partial charge in [0.1, 0.15) is 19.1 Å². The minimum atomic E-state index is -0.713. The van der Waals surface area contributed by atoms with Crippen molar-refractivity contribution in [2.45, 2.75) is 31.3 Å². The standard InChI is InChI=1S/C16H18N2O5/c19-16(11-8-12(11)18(20)21)17-15(9-1-2-9)10-3-4-13-14(7-10)23-6-5-22-13/h3-4,7,9,11-12,15H,1-2,5-6,8H2,(H,17,19)/t11-,12+,15+/m1/s1. The Morgan fingerprint density at radius 1 is 1.26 bits per heavy atom. The van der Waals surface area contributed by atoms with Gasteiger partial charge in [0.05, 0.1) is 6.04 Å². The summed E-state index contributed by atoms with van der Waals surface area (Å²) in [6, 6.07) is 4.90. The van der Waals surface area contributed by atoms with Gasteiger partial charge in [-0.25, -0.2) is 0 Å². The highest BCUT2D eigenvalue weighted by Crippen LogP contribution is 2.44. The topological polar surface area (TPSA) is 90.7 Å². The molecule has 0 unspecified atom stereocenters. The van der Waals surface area contributed by atoms with Gasteiger partial charge in [-0.1, -0.05) is 6.07 Å². The number of ether oxygens (including phenoxy) is 2. The van der Waals surface area contributed by atoms with Crippen LogP contribution in [0, 0.1) is 22.0 Å². The summed E-state index contributed by atoms with van der Waals surface area (Å²) in [6.07, 6.45) is 2.46. The van der Waals surface area contributed by atoms with Gasteiger partial charge < -0.3 is 14.8 Å². The van der Waals surface area contributed by atoms with E-state index in [0.717, 1.165) is 24.2 Å². The average molecular weight is 318 g/mol. The molecule has 0 bridgehead atoms. The van der Waals surface area contributed by atoms with Crippen LogP contribution in [0.25, 0.3) is 0 Å². The zero-order chi connectivity index (χ0) is 16.0. The average Bonchev–Trinajstić information content (AvgIpc) is 3.44. The Labute approximate surface area is 133 Å². The normalized spacial score (nSPS) is 26.3. The molecule has 1 N–H and O–H groups in total. The number of amides is 1. The van der Waals surface area contributed by atoms with Crippen molar-refractivity contribution >= 4 is 5.91 Å². The highest BCUT2D eigenvalue weighted by Gasteiger charge is 2.54. The first kappa shape index (κ1) is 14.3. The second-order valence-corrected chi connectivity index (χ2v) is 6.42. The van der Waals surface area contributed by atoms with E-state index in [1.54, 1.807) is 0 Å². The molecule has 1 aromatic rings. The Morgan fingerprint density at radius 3 is 2.65 bits per heavy atom. The molecule has 0 radical (unpaired) electrons. The van der Waals surface area contributed by atoms with Gasteiger partial charge in [0.2, 0.25) is 11.9 Å². The van der Waals surface area contributed by atoms with Gasteiger partial charge in [-0.3, -0.25) is 14.9 Å². The number of hydrogen-bond acceptors (Lipinski definition) is 5. The van der Waals surface area contributed by atoms with Crippen molar-refractivity contribution in [3.8, 4) is 11.5 Å². The van der Waals surface area contributed by atoms with Gasteiger partial charge in [-0.15, -0.1) is 0 Å². The van der Waals surface area contributed by atoms with Crippen LogP contribution in [0.1, 0.15) is 30.9 Å². The van der Waals surface area contributed by atoms with Crippen LogP contribution in [0.5, 0.6) is 11.5 Å². The molecule has 3 atom stereocenters. The number of nitro groups is 1. The number of hydrogen-bond donors (Lipinski definition) is 1. The van der Waals surface area contributed by atoms with Crippen LogP contribution in [-0.2, 0) is 4.79 Å². The maximum absolute atomic E-state index is 12.3. The fourth-order valence-corrected chi connectivity index (χ4v) is 3.11. The molecule has 1 amide bonds. The molecule has 4 rings (SSSR count). The van der Waals surface area contributed by atoms with Crippen molar-refractivity contribution in [3.63, 3.8) is 0 Å². The van der Waals surface area contributed by atoms with Crippen molar-refractivity contribution in [2.75, 3.05) is 13.2 Å². The number of nitrogens with zero attached hydrogens (tertiary/aromatic N) is 1. The molecule has 0 saturated heterocycles. The third-order valence-corrected chi connectivity index (χ3v) is 4.68. The van der Waals surface area contributed by atoms with E-state index < -0.39 is 12.0 Å². The van der Waals surface area contributed by atoms with Crippen LogP contribution < -0.4 is 14.8 Å². The van der Waals surface area contributed by atoms with Crippen LogP contribution in [0.3, 0.4) is 0 Å². The lowest BCUT2D eigenvalue weighted by Gasteiger charge is -2.23. The van der Waals surface area contributed by atoms with Gasteiger partial charge >= 0.3 is 0 Å². The van der Waals surface area contributed by atoms with Crippen LogP contribution in [0.15, 0.2) is 18.2 Å². The quantitative estimate of drug-likeness (QED) is 0.659. The number of carbonyl (C=O) groups excluding carboxylic acids is 1. The van der Waals surface area contributed by atoms with Gasteiger partial charge in [-0.05, 0) is 36.5 Å². The Bertz CT molecular complexity index is 658. The van der Waals surface area contributed by atoms with E-state index in [2.05, 4.69) is 5.32 Å². The summed E-state index contributed by atoms with van der Waals surface area (Å²) in [6.45, 7) is 1.06. The fourth-order valence-electron chi connectivity index (χ4n) is 3.11. The monoisotopic (exact) mass is 318 g/mol. The van der Waals surface area contributed by atoms with Crippen LogP contribution in [0.2, 0.25) is 0 Å². The third kappa shape index (κ3) is 2.83. The van der Waals surface area contributed by atoms with E-state index in [9.17, 15) is 14.9 Å². The number of fused-ring (bicyclic) bond motifs is 1. The summed E-state index contributed by atoms with van der Waals surface area (Å²) >= 11 is 0. The molecule has 1 heterocycles. The highest BCUT2D eigenvalue weighted by atomic mass is 16.6. The fraction of sp³-hybridized carbons (Fsp3) is 0.562. The van der Waals surface area contributed by atoms with Crippen molar-refractivity contribution in [1.82, 2.24) is 5.32 Å². The maximum atomic E-state index is 12.3. The molecular formula is C16H18N2O5. The smallest absolute Gasteiger partial charge is 0.230 e. The van der Waals surface area contributed by atoms with Gasteiger partial charge in [0.25, 0.3) is 0 Å². The van der Waals surface area contributed by atoms with Crippen LogP contribution >= 0.6 is 0 Å². The summed E-state index contributed by atoms with van der Waals surface area (Å²) < 4.78 is 11.1.